The second-order valence-corrected chi connectivity index (χ2v) is 6.09. The molecular formula is C14H19BN2O3. The average Bonchev–Trinajstić information content (AvgIpc) is 2.97. The highest BCUT2D eigenvalue weighted by Gasteiger charge is 2.51. The molecule has 0 aliphatic carbocycles. The van der Waals surface area contributed by atoms with E-state index >= 15 is 0 Å². The third-order valence-corrected chi connectivity index (χ3v) is 4.17. The minimum absolute atomic E-state index is 0.318. The van der Waals surface area contributed by atoms with Gasteiger partial charge in [0.05, 0.1) is 11.2 Å². The van der Waals surface area contributed by atoms with Crippen LogP contribution in [0.5, 0.6) is 0 Å². The van der Waals surface area contributed by atoms with Crippen molar-refractivity contribution in [3.63, 3.8) is 0 Å². The van der Waals surface area contributed by atoms with E-state index in [9.17, 15) is 0 Å². The molecule has 1 fully saturated rings. The summed E-state index contributed by atoms with van der Waals surface area (Å²) < 4.78 is 12.0. The van der Waals surface area contributed by atoms with E-state index in [1.54, 1.807) is 0 Å². The lowest BCUT2D eigenvalue weighted by Crippen LogP contribution is -2.41. The molecule has 3 rings (SSSR count). The van der Waals surface area contributed by atoms with E-state index in [4.69, 9.17) is 14.1 Å². The van der Waals surface area contributed by atoms with E-state index in [0.717, 1.165) is 16.9 Å². The van der Waals surface area contributed by atoms with E-state index in [1.807, 2.05) is 24.3 Å². The summed E-state index contributed by atoms with van der Waals surface area (Å²) >= 11 is 0. The summed E-state index contributed by atoms with van der Waals surface area (Å²) in [6.07, 6.45) is 0. The van der Waals surface area contributed by atoms with E-state index in [-0.39, 0.29) is 18.3 Å². The normalized spacial score (nSPS) is 23.6. The predicted molar refractivity (Wildman–Crippen MR) is 77.8 cm³/mol. The first-order valence-corrected chi connectivity index (χ1v) is 6.77. The van der Waals surface area contributed by atoms with E-state index in [0.29, 0.717) is 6.73 Å². The third kappa shape index (κ3) is 2.24. The van der Waals surface area contributed by atoms with E-state index in [1.165, 1.54) is 0 Å². The van der Waals surface area contributed by atoms with Crippen molar-refractivity contribution in [1.29, 1.82) is 0 Å². The Hall–Kier alpha value is -1.37. The molecule has 1 N–H and O–H groups in total. The number of amidine groups is 1. The van der Waals surface area contributed by atoms with Gasteiger partial charge in [0, 0.05) is 5.56 Å². The van der Waals surface area contributed by atoms with Gasteiger partial charge in [0.1, 0.15) is 0 Å². The highest BCUT2D eigenvalue weighted by Crippen LogP contribution is 2.36. The smallest absolute Gasteiger partial charge is 0.399 e. The number of nitrogens with zero attached hydrogens (tertiary/aromatic N) is 1. The van der Waals surface area contributed by atoms with Gasteiger partial charge in [0.15, 0.2) is 12.6 Å². The van der Waals surface area contributed by atoms with Gasteiger partial charge in [-0.2, -0.15) is 0 Å². The van der Waals surface area contributed by atoms with Crippen LogP contribution in [0, 0.1) is 0 Å². The third-order valence-electron chi connectivity index (χ3n) is 4.17. The molecule has 1 aromatic rings. The van der Waals surface area contributed by atoms with Crippen LogP contribution in [0.4, 0.5) is 0 Å². The molecule has 0 spiro atoms. The van der Waals surface area contributed by atoms with Crippen LogP contribution >= 0.6 is 0 Å². The fourth-order valence-electron chi connectivity index (χ4n) is 2.16. The number of rotatable bonds is 2. The van der Waals surface area contributed by atoms with Crippen molar-refractivity contribution in [2.75, 3.05) is 6.73 Å². The maximum atomic E-state index is 6.02. The van der Waals surface area contributed by atoms with Gasteiger partial charge >= 0.3 is 7.12 Å². The molecule has 0 atom stereocenters. The number of nitrogens with one attached hydrogen (secondary N) is 1. The van der Waals surface area contributed by atoms with Crippen LogP contribution in [0.3, 0.4) is 0 Å². The van der Waals surface area contributed by atoms with Crippen molar-refractivity contribution in [2.24, 2.45) is 4.99 Å². The van der Waals surface area contributed by atoms with Gasteiger partial charge in [-0.05, 0) is 33.2 Å². The van der Waals surface area contributed by atoms with Gasteiger partial charge in [-0.15, -0.1) is 0 Å². The predicted octanol–water partition coefficient (Wildman–Crippen LogP) is 1.22. The average molecular weight is 274 g/mol. The lowest BCUT2D eigenvalue weighted by Gasteiger charge is -2.32. The van der Waals surface area contributed by atoms with Gasteiger partial charge in [-0.3, -0.25) is 4.84 Å². The van der Waals surface area contributed by atoms with Gasteiger partial charge in [0.2, 0.25) is 0 Å². The van der Waals surface area contributed by atoms with Crippen LogP contribution in [0.15, 0.2) is 29.3 Å². The van der Waals surface area contributed by atoms with Crippen molar-refractivity contribution in [1.82, 2.24) is 5.48 Å². The zero-order chi connectivity index (χ0) is 14.4. The topological polar surface area (TPSA) is 52.1 Å². The molecular weight excluding hydrogens is 255 g/mol. The Morgan fingerprint density at radius 1 is 1.05 bits per heavy atom. The van der Waals surface area contributed by atoms with Crippen LogP contribution in [0.1, 0.15) is 33.3 Å². The van der Waals surface area contributed by atoms with Crippen LogP contribution in [0.2, 0.25) is 0 Å². The largest absolute Gasteiger partial charge is 0.494 e. The molecule has 6 heteroatoms. The Balaban J connectivity index is 1.79. The summed E-state index contributed by atoms with van der Waals surface area (Å²) in [6.45, 7) is 8.56. The quantitative estimate of drug-likeness (QED) is 0.824. The molecule has 106 valence electrons. The standard InChI is InChI=1S/C14H19BN2O3/c1-13(2)14(3,4)20-15(19-13)11-7-5-10(6-8-11)12-16-9-18-17-12/h5-8H,9H2,1-4H3,(H,16,17). The monoisotopic (exact) mass is 274 g/mol. The van der Waals surface area contributed by atoms with Gasteiger partial charge in [0.25, 0.3) is 0 Å². The Kier molecular flexibility index (Phi) is 3.12. The summed E-state index contributed by atoms with van der Waals surface area (Å²) in [5.41, 5.74) is 4.13. The number of aliphatic imine (C=N–C) groups is 1. The molecule has 1 saturated heterocycles. The van der Waals surface area contributed by atoms with Crippen LogP contribution in [-0.4, -0.2) is 30.9 Å². The number of hydrogen-bond donors (Lipinski definition) is 1. The Labute approximate surface area is 119 Å². The molecule has 0 radical (unpaired) electrons. The second kappa shape index (κ2) is 4.58. The molecule has 2 heterocycles. The second-order valence-electron chi connectivity index (χ2n) is 6.09. The highest BCUT2D eigenvalue weighted by atomic mass is 16.7. The van der Waals surface area contributed by atoms with Crippen LogP contribution in [-0.2, 0) is 14.1 Å². The molecule has 0 aromatic heterocycles. The van der Waals surface area contributed by atoms with Gasteiger partial charge < -0.3 is 9.31 Å². The summed E-state index contributed by atoms with van der Waals surface area (Å²) in [6, 6.07) is 7.97. The molecule has 20 heavy (non-hydrogen) atoms. The molecule has 2 aliphatic rings. The summed E-state index contributed by atoms with van der Waals surface area (Å²) in [5, 5.41) is 0. The molecule has 5 nitrogen and oxygen atoms in total. The molecule has 0 amide bonds. The lowest BCUT2D eigenvalue weighted by molar-refractivity contribution is 0.00578. The zero-order valence-corrected chi connectivity index (χ0v) is 12.3. The Morgan fingerprint density at radius 3 is 2.15 bits per heavy atom. The first kappa shape index (κ1) is 13.6. The lowest BCUT2D eigenvalue weighted by atomic mass is 9.79. The Bertz CT molecular complexity index is 524. The number of hydroxylamine groups is 1. The molecule has 0 bridgehead atoms. The van der Waals surface area contributed by atoms with Gasteiger partial charge in [-0.25, -0.2) is 10.5 Å². The minimum Gasteiger partial charge on any atom is -0.399 e. The molecule has 2 aliphatic heterocycles. The summed E-state index contributed by atoms with van der Waals surface area (Å²) in [5.74, 6) is 0.755. The van der Waals surface area contributed by atoms with Crippen molar-refractivity contribution in [2.45, 2.75) is 38.9 Å². The summed E-state index contributed by atoms with van der Waals surface area (Å²) in [7, 11) is -0.330. The van der Waals surface area contributed by atoms with Crippen LogP contribution < -0.4 is 10.9 Å². The summed E-state index contributed by atoms with van der Waals surface area (Å²) in [4.78, 5) is 9.19. The van der Waals surface area contributed by atoms with E-state index < -0.39 is 0 Å². The zero-order valence-electron chi connectivity index (χ0n) is 12.3. The maximum Gasteiger partial charge on any atom is 0.494 e. The maximum absolute atomic E-state index is 6.02. The van der Waals surface area contributed by atoms with Gasteiger partial charge in [-0.1, -0.05) is 24.3 Å². The molecule has 0 saturated carbocycles. The van der Waals surface area contributed by atoms with Crippen molar-refractivity contribution < 1.29 is 14.1 Å². The fraction of sp³-hybridized carbons (Fsp3) is 0.500. The molecule has 0 unspecified atom stereocenters. The first-order valence-electron chi connectivity index (χ1n) is 6.77. The van der Waals surface area contributed by atoms with Crippen molar-refractivity contribution in [3.8, 4) is 0 Å². The first-order chi connectivity index (χ1) is 9.39. The van der Waals surface area contributed by atoms with Crippen molar-refractivity contribution in [3.05, 3.63) is 29.8 Å². The Morgan fingerprint density at radius 2 is 1.65 bits per heavy atom. The van der Waals surface area contributed by atoms with Crippen LogP contribution in [0.25, 0.3) is 0 Å². The SMILES string of the molecule is CC1(C)OB(c2ccc(C3=NCON3)cc2)OC1(C)C. The highest BCUT2D eigenvalue weighted by molar-refractivity contribution is 6.62. The minimum atomic E-state index is -0.330. The fourth-order valence-corrected chi connectivity index (χ4v) is 2.16. The van der Waals surface area contributed by atoms with E-state index in [2.05, 4.69) is 38.2 Å². The van der Waals surface area contributed by atoms with Crippen molar-refractivity contribution >= 4 is 18.4 Å². The number of benzene rings is 1. The molecule has 1 aromatic carbocycles. The number of hydrogen-bond acceptors (Lipinski definition) is 5.